The summed E-state index contributed by atoms with van der Waals surface area (Å²) in [7, 11) is 0. The van der Waals surface area contributed by atoms with Gasteiger partial charge in [-0.3, -0.25) is 4.79 Å². The van der Waals surface area contributed by atoms with Crippen LogP contribution < -0.4 is 5.32 Å². The van der Waals surface area contributed by atoms with Gasteiger partial charge in [0.25, 0.3) is 0 Å². The Morgan fingerprint density at radius 2 is 2.29 bits per heavy atom. The van der Waals surface area contributed by atoms with Gasteiger partial charge in [-0.2, -0.15) is 0 Å². The van der Waals surface area contributed by atoms with Crippen molar-refractivity contribution >= 4 is 23.2 Å². The van der Waals surface area contributed by atoms with Crippen molar-refractivity contribution in [3.63, 3.8) is 0 Å². The SMILES string of the molecule is O=C(CCl)Nc1c(F)cccc1CO. The van der Waals surface area contributed by atoms with Crippen molar-refractivity contribution in [2.24, 2.45) is 0 Å². The molecule has 1 amide bonds. The second kappa shape index (κ2) is 4.93. The molecule has 0 aliphatic rings. The fourth-order valence-electron chi connectivity index (χ4n) is 1.01. The van der Waals surface area contributed by atoms with Gasteiger partial charge in [0.1, 0.15) is 11.7 Å². The molecule has 0 atom stereocenters. The molecule has 2 N–H and O–H groups in total. The van der Waals surface area contributed by atoms with Crippen LogP contribution >= 0.6 is 11.6 Å². The summed E-state index contributed by atoms with van der Waals surface area (Å²) >= 11 is 5.25. The minimum Gasteiger partial charge on any atom is -0.392 e. The van der Waals surface area contributed by atoms with E-state index in [1.54, 1.807) is 0 Å². The Hall–Kier alpha value is -1.13. The molecule has 1 aromatic carbocycles. The number of benzene rings is 1. The van der Waals surface area contributed by atoms with Crippen LogP contribution in [0.15, 0.2) is 18.2 Å². The topological polar surface area (TPSA) is 49.3 Å². The highest BCUT2D eigenvalue weighted by atomic mass is 35.5. The van der Waals surface area contributed by atoms with Crippen LogP contribution in [0.25, 0.3) is 0 Å². The standard InChI is InChI=1S/C9H9ClFNO2/c10-4-8(14)12-9-6(5-13)2-1-3-7(9)11/h1-3,13H,4-5H2,(H,12,14). The largest absolute Gasteiger partial charge is 0.392 e. The van der Waals surface area contributed by atoms with Crippen molar-refractivity contribution in [3.05, 3.63) is 29.6 Å². The molecule has 0 radical (unpaired) electrons. The summed E-state index contributed by atoms with van der Waals surface area (Å²) in [6, 6.07) is 4.17. The smallest absolute Gasteiger partial charge is 0.239 e. The first-order chi connectivity index (χ1) is 6.69. The lowest BCUT2D eigenvalue weighted by Gasteiger charge is -2.08. The third-order valence-corrected chi connectivity index (χ3v) is 1.90. The third kappa shape index (κ3) is 2.43. The first-order valence-electron chi connectivity index (χ1n) is 3.93. The second-order valence-corrected chi connectivity index (χ2v) is 2.88. The zero-order chi connectivity index (χ0) is 10.6. The van der Waals surface area contributed by atoms with Crippen LogP contribution in [0.3, 0.4) is 0 Å². The average molecular weight is 218 g/mol. The summed E-state index contributed by atoms with van der Waals surface area (Å²) in [6.07, 6.45) is 0. The molecule has 0 unspecified atom stereocenters. The van der Waals surface area contributed by atoms with Gasteiger partial charge < -0.3 is 10.4 Å². The predicted molar refractivity (Wildman–Crippen MR) is 51.7 cm³/mol. The number of nitrogens with one attached hydrogen (secondary N) is 1. The van der Waals surface area contributed by atoms with E-state index in [9.17, 15) is 9.18 Å². The number of hydrogen-bond acceptors (Lipinski definition) is 2. The minimum atomic E-state index is -0.588. The van der Waals surface area contributed by atoms with Crippen LogP contribution in [-0.2, 0) is 11.4 Å². The van der Waals surface area contributed by atoms with Gasteiger partial charge in [-0.15, -0.1) is 11.6 Å². The van der Waals surface area contributed by atoms with Crippen molar-refractivity contribution in [1.82, 2.24) is 0 Å². The number of rotatable bonds is 3. The fraction of sp³-hybridized carbons (Fsp3) is 0.222. The number of amides is 1. The van der Waals surface area contributed by atoms with Crippen molar-refractivity contribution in [2.75, 3.05) is 11.2 Å². The molecule has 0 spiro atoms. The van der Waals surface area contributed by atoms with Gasteiger partial charge in [0.2, 0.25) is 5.91 Å². The molecule has 0 saturated carbocycles. The molecule has 14 heavy (non-hydrogen) atoms. The lowest BCUT2D eigenvalue weighted by atomic mass is 10.2. The molecular weight excluding hydrogens is 209 g/mol. The van der Waals surface area contributed by atoms with Gasteiger partial charge in [0.05, 0.1) is 12.3 Å². The number of hydrogen-bond donors (Lipinski definition) is 2. The summed E-state index contributed by atoms with van der Waals surface area (Å²) in [5.41, 5.74) is 0.309. The van der Waals surface area contributed by atoms with Crippen LogP contribution in [0.2, 0.25) is 0 Å². The number of aliphatic hydroxyl groups excluding tert-OH is 1. The number of anilines is 1. The lowest BCUT2D eigenvalue weighted by molar-refractivity contribution is -0.113. The van der Waals surface area contributed by atoms with Gasteiger partial charge in [-0.05, 0) is 6.07 Å². The fourth-order valence-corrected chi connectivity index (χ4v) is 1.08. The Labute approximate surface area is 85.5 Å². The van der Waals surface area contributed by atoms with E-state index in [0.29, 0.717) is 5.56 Å². The maximum atomic E-state index is 13.2. The van der Waals surface area contributed by atoms with Crippen LogP contribution in [0.1, 0.15) is 5.56 Å². The van der Waals surface area contributed by atoms with Crippen molar-refractivity contribution < 1.29 is 14.3 Å². The molecular formula is C9H9ClFNO2. The van der Waals surface area contributed by atoms with Gasteiger partial charge in [-0.25, -0.2) is 4.39 Å². The quantitative estimate of drug-likeness (QED) is 0.754. The number of aliphatic hydroxyl groups is 1. The third-order valence-electron chi connectivity index (χ3n) is 1.66. The zero-order valence-corrected chi connectivity index (χ0v) is 8.01. The van der Waals surface area contributed by atoms with Gasteiger partial charge >= 0.3 is 0 Å². The van der Waals surface area contributed by atoms with Gasteiger partial charge in [0, 0.05) is 5.56 Å². The van der Waals surface area contributed by atoms with Crippen molar-refractivity contribution in [1.29, 1.82) is 0 Å². The molecule has 0 aliphatic carbocycles. The van der Waals surface area contributed by atoms with E-state index in [4.69, 9.17) is 16.7 Å². The molecule has 76 valence electrons. The highest BCUT2D eigenvalue weighted by Gasteiger charge is 2.09. The Balaban J connectivity index is 2.98. The maximum Gasteiger partial charge on any atom is 0.239 e. The lowest BCUT2D eigenvalue weighted by Crippen LogP contribution is -2.15. The molecule has 0 aliphatic heterocycles. The first kappa shape index (κ1) is 10.9. The molecule has 1 rings (SSSR count). The van der Waals surface area contributed by atoms with E-state index in [-0.39, 0.29) is 18.2 Å². The van der Waals surface area contributed by atoms with E-state index in [1.165, 1.54) is 18.2 Å². The first-order valence-corrected chi connectivity index (χ1v) is 4.46. The van der Waals surface area contributed by atoms with Crippen LogP contribution in [0, 0.1) is 5.82 Å². The highest BCUT2D eigenvalue weighted by molar-refractivity contribution is 6.29. The number of carbonyl (C=O) groups is 1. The number of halogens is 2. The maximum absolute atomic E-state index is 13.2. The van der Waals surface area contributed by atoms with Crippen molar-refractivity contribution in [3.8, 4) is 0 Å². The normalized spacial score (nSPS) is 9.93. The summed E-state index contributed by atoms with van der Waals surface area (Å²) in [5, 5.41) is 11.2. The molecule has 0 aromatic heterocycles. The predicted octanol–water partition coefficient (Wildman–Crippen LogP) is 1.50. The van der Waals surface area contributed by atoms with Gasteiger partial charge in [-0.1, -0.05) is 12.1 Å². The Morgan fingerprint density at radius 1 is 1.57 bits per heavy atom. The van der Waals surface area contributed by atoms with Crippen LogP contribution in [-0.4, -0.2) is 16.9 Å². The minimum absolute atomic E-state index is 0.0133. The molecule has 5 heteroatoms. The molecule has 3 nitrogen and oxygen atoms in total. The van der Waals surface area contributed by atoms with E-state index in [1.807, 2.05) is 0 Å². The Morgan fingerprint density at radius 3 is 2.86 bits per heavy atom. The van der Waals surface area contributed by atoms with Crippen molar-refractivity contribution in [2.45, 2.75) is 6.61 Å². The molecule has 0 saturated heterocycles. The van der Waals surface area contributed by atoms with E-state index in [0.717, 1.165) is 0 Å². The molecule has 1 aromatic rings. The van der Waals surface area contributed by atoms with E-state index in [2.05, 4.69) is 5.32 Å². The van der Waals surface area contributed by atoms with Gasteiger partial charge in [0.15, 0.2) is 0 Å². The van der Waals surface area contributed by atoms with E-state index < -0.39 is 11.7 Å². The Bertz CT molecular complexity index is 344. The van der Waals surface area contributed by atoms with E-state index >= 15 is 0 Å². The summed E-state index contributed by atoms with van der Waals surface area (Å²) in [4.78, 5) is 10.9. The van der Waals surface area contributed by atoms with Crippen LogP contribution in [0.5, 0.6) is 0 Å². The molecule has 0 fully saturated rings. The van der Waals surface area contributed by atoms with Crippen LogP contribution in [0.4, 0.5) is 10.1 Å². The number of para-hydroxylation sites is 1. The average Bonchev–Trinajstić information content (AvgIpc) is 2.20. The summed E-state index contributed by atoms with van der Waals surface area (Å²) in [6.45, 7) is -0.338. The monoisotopic (exact) mass is 217 g/mol. The molecule has 0 heterocycles. The summed E-state index contributed by atoms with van der Waals surface area (Å²) in [5.74, 6) is -1.35. The summed E-state index contributed by atoms with van der Waals surface area (Å²) < 4.78 is 13.2. The Kier molecular flexibility index (Phi) is 3.85. The zero-order valence-electron chi connectivity index (χ0n) is 7.26. The number of alkyl halides is 1. The highest BCUT2D eigenvalue weighted by Crippen LogP contribution is 2.19. The number of carbonyl (C=O) groups excluding carboxylic acids is 1. The molecule has 0 bridgehead atoms. The second-order valence-electron chi connectivity index (χ2n) is 2.61.